The van der Waals surface area contributed by atoms with Gasteiger partial charge < -0.3 is 5.73 Å². The highest BCUT2D eigenvalue weighted by atomic mass is 32.2. The summed E-state index contributed by atoms with van der Waals surface area (Å²) in [4.78, 5) is 0. The van der Waals surface area contributed by atoms with Crippen LogP contribution in [0.5, 0.6) is 0 Å². The SMILES string of the molecule is CN(C1(CN)CCCCCC1)S(=O)(=O)CC1CCCCC1. The molecule has 0 bridgehead atoms. The molecular weight excluding hydrogens is 284 g/mol. The van der Waals surface area contributed by atoms with Crippen LogP contribution in [0.3, 0.4) is 0 Å². The first kappa shape index (κ1) is 17.2. The Hall–Kier alpha value is -0.130. The van der Waals surface area contributed by atoms with Gasteiger partial charge in [-0.1, -0.05) is 44.9 Å². The predicted octanol–water partition coefficient (Wildman–Crippen LogP) is 2.88. The second kappa shape index (κ2) is 7.42. The Morgan fingerprint density at radius 1 is 1.00 bits per heavy atom. The maximum absolute atomic E-state index is 12.8. The van der Waals surface area contributed by atoms with Crippen LogP contribution >= 0.6 is 0 Å². The van der Waals surface area contributed by atoms with Crippen molar-refractivity contribution >= 4 is 10.0 Å². The van der Waals surface area contributed by atoms with Gasteiger partial charge in [0.2, 0.25) is 10.0 Å². The first-order valence-electron chi connectivity index (χ1n) is 8.67. The highest BCUT2D eigenvalue weighted by Crippen LogP contribution is 2.34. The first-order valence-corrected chi connectivity index (χ1v) is 10.3. The third-order valence-electron chi connectivity index (χ3n) is 5.67. The summed E-state index contributed by atoms with van der Waals surface area (Å²) in [6.45, 7) is 0.452. The van der Waals surface area contributed by atoms with E-state index in [4.69, 9.17) is 5.73 Å². The molecule has 124 valence electrons. The Kier molecular flexibility index (Phi) is 6.09. The number of rotatable bonds is 5. The third kappa shape index (κ3) is 4.20. The molecule has 0 aromatic rings. The zero-order chi connectivity index (χ0) is 15.3. The molecule has 0 unspecified atom stereocenters. The van der Waals surface area contributed by atoms with E-state index >= 15 is 0 Å². The van der Waals surface area contributed by atoms with Gasteiger partial charge in [0.1, 0.15) is 0 Å². The van der Waals surface area contributed by atoms with E-state index in [1.807, 2.05) is 0 Å². The van der Waals surface area contributed by atoms with Gasteiger partial charge in [0.25, 0.3) is 0 Å². The number of nitrogens with two attached hydrogens (primary N) is 1. The van der Waals surface area contributed by atoms with Gasteiger partial charge in [0, 0.05) is 19.1 Å². The molecule has 0 radical (unpaired) electrons. The van der Waals surface area contributed by atoms with Gasteiger partial charge >= 0.3 is 0 Å². The van der Waals surface area contributed by atoms with Gasteiger partial charge in [-0.25, -0.2) is 8.42 Å². The lowest BCUT2D eigenvalue weighted by Gasteiger charge is -2.40. The first-order chi connectivity index (χ1) is 10.0. The average molecular weight is 317 g/mol. The van der Waals surface area contributed by atoms with Crippen molar-refractivity contribution in [2.75, 3.05) is 19.3 Å². The fourth-order valence-electron chi connectivity index (χ4n) is 4.09. The fraction of sp³-hybridized carbons (Fsp3) is 1.00. The van der Waals surface area contributed by atoms with Crippen molar-refractivity contribution < 1.29 is 8.42 Å². The number of likely N-dealkylation sites (N-methyl/N-ethyl adjacent to an activating group) is 1. The molecule has 0 spiro atoms. The minimum absolute atomic E-state index is 0.325. The number of sulfonamides is 1. The number of hydrogen-bond donors (Lipinski definition) is 1. The smallest absolute Gasteiger partial charge is 0.214 e. The topological polar surface area (TPSA) is 63.4 Å². The van der Waals surface area contributed by atoms with Crippen molar-refractivity contribution in [3.8, 4) is 0 Å². The van der Waals surface area contributed by atoms with Gasteiger partial charge in [0.15, 0.2) is 0 Å². The Labute approximate surface area is 130 Å². The molecule has 0 aromatic heterocycles. The van der Waals surface area contributed by atoms with Crippen LogP contribution in [0.1, 0.15) is 70.6 Å². The largest absolute Gasteiger partial charge is 0.329 e. The summed E-state index contributed by atoms with van der Waals surface area (Å²) < 4.78 is 27.4. The zero-order valence-corrected chi connectivity index (χ0v) is 14.3. The van der Waals surface area contributed by atoms with E-state index in [-0.39, 0.29) is 5.54 Å². The molecule has 21 heavy (non-hydrogen) atoms. The molecule has 5 heteroatoms. The van der Waals surface area contributed by atoms with Crippen LogP contribution in [0, 0.1) is 5.92 Å². The summed E-state index contributed by atoms with van der Waals surface area (Å²) in [7, 11) is -1.42. The predicted molar refractivity (Wildman–Crippen MR) is 87.6 cm³/mol. The Morgan fingerprint density at radius 3 is 2.05 bits per heavy atom. The summed E-state index contributed by atoms with van der Waals surface area (Å²) >= 11 is 0. The number of hydrogen-bond acceptors (Lipinski definition) is 3. The normalized spacial score (nSPS) is 24.9. The lowest BCUT2D eigenvalue weighted by atomic mass is 9.90. The maximum Gasteiger partial charge on any atom is 0.214 e. The minimum atomic E-state index is -3.19. The van der Waals surface area contributed by atoms with Crippen molar-refractivity contribution in [1.29, 1.82) is 0 Å². The van der Waals surface area contributed by atoms with E-state index in [9.17, 15) is 8.42 Å². The monoisotopic (exact) mass is 316 g/mol. The average Bonchev–Trinajstić information content (AvgIpc) is 2.73. The van der Waals surface area contributed by atoms with Gasteiger partial charge in [-0.15, -0.1) is 0 Å². The maximum atomic E-state index is 12.8. The Morgan fingerprint density at radius 2 is 1.52 bits per heavy atom. The minimum Gasteiger partial charge on any atom is -0.329 e. The molecule has 0 heterocycles. The van der Waals surface area contributed by atoms with Gasteiger partial charge in [-0.2, -0.15) is 4.31 Å². The third-order valence-corrected chi connectivity index (χ3v) is 7.78. The van der Waals surface area contributed by atoms with E-state index in [0.29, 0.717) is 18.2 Å². The quantitative estimate of drug-likeness (QED) is 0.793. The molecule has 0 atom stereocenters. The van der Waals surface area contributed by atoms with Crippen LogP contribution < -0.4 is 5.73 Å². The van der Waals surface area contributed by atoms with Crippen LogP contribution in [-0.4, -0.2) is 37.6 Å². The highest BCUT2D eigenvalue weighted by molar-refractivity contribution is 7.89. The lowest BCUT2D eigenvalue weighted by Crippen LogP contribution is -2.55. The lowest BCUT2D eigenvalue weighted by molar-refractivity contribution is 0.194. The van der Waals surface area contributed by atoms with Crippen molar-refractivity contribution in [3.05, 3.63) is 0 Å². The molecule has 2 N–H and O–H groups in total. The molecule has 2 rings (SSSR count). The molecule has 2 aliphatic rings. The fourth-order valence-corrected chi connectivity index (χ4v) is 6.09. The molecular formula is C16H32N2O2S. The summed E-state index contributed by atoms with van der Waals surface area (Å²) in [5.41, 5.74) is 5.70. The zero-order valence-electron chi connectivity index (χ0n) is 13.5. The van der Waals surface area contributed by atoms with Crippen LogP contribution in [0.15, 0.2) is 0 Å². The molecule has 0 saturated heterocycles. The molecule has 2 saturated carbocycles. The summed E-state index contributed by atoms with van der Waals surface area (Å²) in [6, 6.07) is 0. The molecule has 2 fully saturated rings. The summed E-state index contributed by atoms with van der Waals surface area (Å²) in [5, 5.41) is 0. The van der Waals surface area contributed by atoms with E-state index < -0.39 is 10.0 Å². The molecule has 2 aliphatic carbocycles. The molecule has 0 aliphatic heterocycles. The van der Waals surface area contributed by atoms with E-state index in [1.165, 1.54) is 32.1 Å². The number of nitrogens with zero attached hydrogens (tertiary/aromatic N) is 1. The summed E-state index contributed by atoms with van der Waals surface area (Å²) in [6.07, 6.45) is 12.2. The van der Waals surface area contributed by atoms with E-state index in [0.717, 1.165) is 38.5 Å². The van der Waals surface area contributed by atoms with Gasteiger partial charge in [-0.3, -0.25) is 0 Å². The van der Waals surface area contributed by atoms with Gasteiger partial charge in [-0.05, 0) is 31.6 Å². The van der Waals surface area contributed by atoms with Crippen LogP contribution in [0.4, 0.5) is 0 Å². The van der Waals surface area contributed by atoms with Crippen molar-refractivity contribution in [2.24, 2.45) is 11.7 Å². The van der Waals surface area contributed by atoms with E-state index in [1.54, 1.807) is 11.4 Å². The highest BCUT2D eigenvalue weighted by Gasteiger charge is 2.40. The van der Waals surface area contributed by atoms with Crippen molar-refractivity contribution in [1.82, 2.24) is 4.31 Å². The van der Waals surface area contributed by atoms with Crippen LogP contribution in [0.2, 0.25) is 0 Å². The Bertz CT molecular complexity index is 408. The van der Waals surface area contributed by atoms with E-state index in [2.05, 4.69) is 0 Å². The molecule has 4 nitrogen and oxygen atoms in total. The standard InChI is InChI=1S/C16H32N2O2S/c1-18(16(14-17)11-7-2-3-8-12-16)21(19,20)13-15-9-5-4-6-10-15/h15H,2-14,17H2,1H3. The summed E-state index contributed by atoms with van der Waals surface area (Å²) in [5.74, 6) is 0.678. The Balaban J connectivity index is 2.08. The van der Waals surface area contributed by atoms with Crippen molar-refractivity contribution in [2.45, 2.75) is 76.2 Å². The second-order valence-electron chi connectivity index (χ2n) is 7.09. The molecule has 0 amide bonds. The van der Waals surface area contributed by atoms with Crippen molar-refractivity contribution in [3.63, 3.8) is 0 Å². The van der Waals surface area contributed by atoms with Crippen LogP contribution in [-0.2, 0) is 10.0 Å². The second-order valence-corrected chi connectivity index (χ2v) is 9.14. The molecule has 0 aromatic carbocycles. The van der Waals surface area contributed by atoms with Gasteiger partial charge in [0.05, 0.1) is 5.75 Å². The van der Waals surface area contributed by atoms with Crippen LogP contribution in [0.25, 0.3) is 0 Å².